The molecule has 0 unspecified atom stereocenters. The highest BCUT2D eigenvalue weighted by Crippen LogP contribution is 2.10. The van der Waals surface area contributed by atoms with Crippen molar-refractivity contribution in [1.82, 2.24) is 9.78 Å². The van der Waals surface area contributed by atoms with Gasteiger partial charge in [0.1, 0.15) is 0 Å². The number of hydrogen-bond donors (Lipinski definition) is 1. The molecule has 0 radical (unpaired) electrons. The number of rotatable bonds is 2. The molecular formula is C11H11N3O. The van der Waals surface area contributed by atoms with Gasteiger partial charge in [-0.2, -0.15) is 5.10 Å². The number of carbonyl (C=O) groups excluding carboxylic acids is 1. The molecule has 0 aliphatic heterocycles. The Morgan fingerprint density at radius 3 is 2.47 bits per heavy atom. The zero-order chi connectivity index (χ0) is 10.8. The second kappa shape index (κ2) is 3.57. The number of benzene rings is 1. The second-order valence-corrected chi connectivity index (χ2v) is 3.35. The largest absolute Gasteiger partial charge is 0.399 e. The first-order chi connectivity index (χ1) is 7.16. The first-order valence-electron chi connectivity index (χ1n) is 4.56. The molecule has 1 aromatic carbocycles. The summed E-state index contributed by atoms with van der Waals surface area (Å²) in [5.41, 5.74) is 7.40. The Balaban J connectivity index is 2.32. The number of nitrogen functional groups attached to an aromatic ring is 1. The fourth-order valence-electron chi connectivity index (χ4n) is 1.34. The third-order valence-corrected chi connectivity index (χ3v) is 2.14. The van der Waals surface area contributed by atoms with Gasteiger partial charge in [-0.3, -0.25) is 9.48 Å². The summed E-state index contributed by atoms with van der Waals surface area (Å²) in [5.74, 6) is -0.0388. The lowest BCUT2D eigenvalue weighted by molar-refractivity contribution is 0.103. The van der Waals surface area contributed by atoms with Crippen LogP contribution in [0.4, 0.5) is 5.69 Å². The van der Waals surface area contributed by atoms with Crippen LogP contribution in [0.15, 0.2) is 36.7 Å². The Labute approximate surface area is 87.3 Å². The van der Waals surface area contributed by atoms with Crippen molar-refractivity contribution in [1.29, 1.82) is 0 Å². The van der Waals surface area contributed by atoms with E-state index < -0.39 is 0 Å². The molecule has 0 amide bonds. The molecule has 2 rings (SSSR count). The van der Waals surface area contributed by atoms with Gasteiger partial charge in [0.2, 0.25) is 0 Å². The van der Waals surface area contributed by atoms with Gasteiger partial charge in [-0.1, -0.05) is 0 Å². The maximum Gasteiger partial charge on any atom is 0.196 e. The molecule has 0 fully saturated rings. The summed E-state index contributed by atoms with van der Waals surface area (Å²) in [6, 6.07) is 6.85. The molecule has 76 valence electrons. The fraction of sp³-hybridized carbons (Fsp3) is 0.0909. The van der Waals surface area contributed by atoms with Crippen LogP contribution >= 0.6 is 0 Å². The zero-order valence-electron chi connectivity index (χ0n) is 8.34. The quantitative estimate of drug-likeness (QED) is 0.587. The van der Waals surface area contributed by atoms with E-state index in [1.165, 1.54) is 0 Å². The molecule has 2 aromatic rings. The van der Waals surface area contributed by atoms with Gasteiger partial charge in [0.15, 0.2) is 5.78 Å². The molecule has 15 heavy (non-hydrogen) atoms. The standard InChI is InChI=1S/C11H11N3O/c1-14-7-9(6-13-14)11(15)8-2-4-10(12)5-3-8/h2-7H,12H2,1H3. The van der Waals surface area contributed by atoms with Crippen LogP contribution in [0.5, 0.6) is 0 Å². The third-order valence-electron chi connectivity index (χ3n) is 2.14. The lowest BCUT2D eigenvalue weighted by Gasteiger charge is -1.98. The van der Waals surface area contributed by atoms with Gasteiger partial charge in [-0.05, 0) is 24.3 Å². The molecule has 1 aromatic heterocycles. The van der Waals surface area contributed by atoms with E-state index in [0.717, 1.165) is 0 Å². The van der Waals surface area contributed by atoms with Crippen molar-refractivity contribution >= 4 is 11.5 Å². The maximum atomic E-state index is 11.9. The molecule has 0 atom stereocenters. The smallest absolute Gasteiger partial charge is 0.196 e. The monoisotopic (exact) mass is 201 g/mol. The van der Waals surface area contributed by atoms with E-state index in [0.29, 0.717) is 16.8 Å². The highest BCUT2D eigenvalue weighted by Gasteiger charge is 2.09. The molecule has 0 saturated heterocycles. The Kier molecular flexibility index (Phi) is 2.25. The van der Waals surface area contributed by atoms with Crippen molar-refractivity contribution in [3.05, 3.63) is 47.8 Å². The summed E-state index contributed by atoms with van der Waals surface area (Å²) in [7, 11) is 1.78. The summed E-state index contributed by atoms with van der Waals surface area (Å²) in [6.45, 7) is 0. The first kappa shape index (κ1) is 9.45. The highest BCUT2D eigenvalue weighted by molar-refractivity contribution is 6.08. The normalized spacial score (nSPS) is 10.2. The number of ketones is 1. The lowest BCUT2D eigenvalue weighted by atomic mass is 10.1. The van der Waals surface area contributed by atoms with Crippen LogP contribution in [0.25, 0.3) is 0 Å². The van der Waals surface area contributed by atoms with Crippen molar-refractivity contribution in [2.24, 2.45) is 7.05 Å². The van der Waals surface area contributed by atoms with Crippen molar-refractivity contribution in [3.63, 3.8) is 0 Å². The second-order valence-electron chi connectivity index (χ2n) is 3.35. The van der Waals surface area contributed by atoms with Crippen molar-refractivity contribution in [2.75, 3.05) is 5.73 Å². The number of carbonyl (C=O) groups is 1. The molecule has 1 heterocycles. The van der Waals surface area contributed by atoms with Gasteiger partial charge < -0.3 is 5.73 Å². The Hall–Kier alpha value is -2.10. The molecule has 4 heteroatoms. The summed E-state index contributed by atoms with van der Waals surface area (Å²) in [4.78, 5) is 11.9. The van der Waals surface area contributed by atoms with Crippen LogP contribution in [-0.4, -0.2) is 15.6 Å². The number of aryl methyl sites for hydroxylation is 1. The first-order valence-corrected chi connectivity index (χ1v) is 4.56. The number of hydrogen-bond acceptors (Lipinski definition) is 3. The van der Waals surface area contributed by atoms with E-state index in [1.54, 1.807) is 48.4 Å². The number of anilines is 1. The predicted octanol–water partition coefficient (Wildman–Crippen LogP) is 1.23. The van der Waals surface area contributed by atoms with Crippen LogP contribution in [0.1, 0.15) is 15.9 Å². The Morgan fingerprint density at radius 1 is 1.27 bits per heavy atom. The zero-order valence-corrected chi connectivity index (χ0v) is 8.34. The lowest BCUT2D eigenvalue weighted by Crippen LogP contribution is -2.00. The number of aromatic nitrogens is 2. The Bertz CT molecular complexity index is 485. The van der Waals surface area contributed by atoms with Gasteiger partial charge in [0.25, 0.3) is 0 Å². The van der Waals surface area contributed by atoms with E-state index >= 15 is 0 Å². The van der Waals surface area contributed by atoms with Gasteiger partial charge in [0.05, 0.1) is 11.8 Å². The predicted molar refractivity (Wildman–Crippen MR) is 57.5 cm³/mol. The number of nitrogens with two attached hydrogens (primary N) is 1. The molecule has 4 nitrogen and oxygen atoms in total. The van der Waals surface area contributed by atoms with E-state index in [9.17, 15) is 4.79 Å². The fourth-order valence-corrected chi connectivity index (χ4v) is 1.34. The molecule has 0 saturated carbocycles. The number of nitrogens with zero attached hydrogens (tertiary/aromatic N) is 2. The van der Waals surface area contributed by atoms with Crippen molar-refractivity contribution in [3.8, 4) is 0 Å². The van der Waals surface area contributed by atoms with Gasteiger partial charge in [-0.25, -0.2) is 0 Å². The molecule has 2 N–H and O–H groups in total. The molecule has 0 bridgehead atoms. The summed E-state index contributed by atoms with van der Waals surface area (Å²) < 4.78 is 1.60. The van der Waals surface area contributed by atoms with E-state index in [2.05, 4.69) is 5.10 Å². The minimum atomic E-state index is -0.0388. The molecule has 0 aliphatic rings. The van der Waals surface area contributed by atoms with E-state index in [4.69, 9.17) is 5.73 Å². The average Bonchev–Trinajstić information content (AvgIpc) is 2.65. The van der Waals surface area contributed by atoms with Crippen LogP contribution in [-0.2, 0) is 7.05 Å². The molecule has 0 aliphatic carbocycles. The third kappa shape index (κ3) is 1.88. The van der Waals surface area contributed by atoms with Crippen LogP contribution < -0.4 is 5.73 Å². The van der Waals surface area contributed by atoms with Gasteiger partial charge in [-0.15, -0.1) is 0 Å². The van der Waals surface area contributed by atoms with Gasteiger partial charge >= 0.3 is 0 Å². The van der Waals surface area contributed by atoms with Crippen molar-refractivity contribution in [2.45, 2.75) is 0 Å². The Morgan fingerprint density at radius 2 is 1.93 bits per heavy atom. The van der Waals surface area contributed by atoms with Crippen LogP contribution in [0.3, 0.4) is 0 Å². The summed E-state index contributed by atoms with van der Waals surface area (Å²) in [5, 5.41) is 3.95. The highest BCUT2D eigenvalue weighted by atomic mass is 16.1. The van der Waals surface area contributed by atoms with E-state index in [-0.39, 0.29) is 5.78 Å². The van der Waals surface area contributed by atoms with E-state index in [1.807, 2.05) is 0 Å². The average molecular weight is 201 g/mol. The summed E-state index contributed by atoms with van der Waals surface area (Å²) >= 11 is 0. The minimum Gasteiger partial charge on any atom is -0.399 e. The van der Waals surface area contributed by atoms with Crippen LogP contribution in [0.2, 0.25) is 0 Å². The molecular weight excluding hydrogens is 190 g/mol. The topological polar surface area (TPSA) is 60.9 Å². The minimum absolute atomic E-state index is 0.0388. The van der Waals surface area contributed by atoms with Gasteiger partial charge in [0, 0.05) is 24.5 Å². The maximum absolute atomic E-state index is 11.9. The molecule has 0 spiro atoms. The van der Waals surface area contributed by atoms with Crippen molar-refractivity contribution < 1.29 is 4.79 Å². The van der Waals surface area contributed by atoms with Crippen LogP contribution in [0, 0.1) is 0 Å². The summed E-state index contributed by atoms with van der Waals surface area (Å²) in [6.07, 6.45) is 3.25. The SMILES string of the molecule is Cn1cc(C(=O)c2ccc(N)cc2)cn1.